The van der Waals surface area contributed by atoms with Gasteiger partial charge in [-0.1, -0.05) is 11.6 Å². The maximum atomic E-state index is 6.19. The minimum absolute atomic E-state index is 0.675. The fraction of sp³-hybridized carbons (Fsp3) is 0.571. The molecule has 1 aromatic rings. The summed E-state index contributed by atoms with van der Waals surface area (Å²) in [4.78, 5) is 2.46. The number of piperazine rings is 1. The lowest BCUT2D eigenvalue weighted by atomic mass is 10.2. The van der Waals surface area contributed by atoms with Crippen molar-refractivity contribution in [2.24, 2.45) is 0 Å². The molecule has 1 aliphatic rings. The van der Waals surface area contributed by atoms with Crippen LogP contribution in [0.15, 0.2) is 16.6 Å². The van der Waals surface area contributed by atoms with E-state index in [1.807, 2.05) is 19.1 Å². The minimum atomic E-state index is 0.675. The molecule has 0 atom stereocenters. The monoisotopic (exact) mass is 346 g/mol. The van der Waals surface area contributed by atoms with Gasteiger partial charge in [-0.25, -0.2) is 0 Å². The second-order valence-electron chi connectivity index (χ2n) is 4.85. The average molecular weight is 348 g/mol. The standard InChI is InChI=1S/C14H20BrClN2O/c1-11-9-12(15)14(13(16)10-11)19-8-2-5-18-6-3-17-4-7-18/h9-10,17H,2-8H2,1H3. The zero-order valence-corrected chi connectivity index (χ0v) is 13.6. The largest absolute Gasteiger partial charge is 0.491 e. The summed E-state index contributed by atoms with van der Waals surface area (Å²) in [5.74, 6) is 0.757. The van der Waals surface area contributed by atoms with Gasteiger partial charge in [-0.15, -0.1) is 0 Å². The third-order valence-corrected chi connectivity index (χ3v) is 4.09. The molecule has 19 heavy (non-hydrogen) atoms. The molecule has 1 aromatic carbocycles. The van der Waals surface area contributed by atoms with Gasteiger partial charge in [0.1, 0.15) is 0 Å². The Labute approximate surface area is 128 Å². The summed E-state index contributed by atoms with van der Waals surface area (Å²) in [7, 11) is 0. The van der Waals surface area contributed by atoms with Crippen molar-refractivity contribution in [3.8, 4) is 5.75 Å². The van der Waals surface area contributed by atoms with Crippen molar-refractivity contribution >= 4 is 27.5 Å². The molecule has 3 nitrogen and oxygen atoms in total. The summed E-state index contributed by atoms with van der Waals surface area (Å²) in [6.45, 7) is 8.26. The molecular weight excluding hydrogens is 328 g/mol. The number of aryl methyl sites for hydroxylation is 1. The molecule has 0 aromatic heterocycles. The predicted molar refractivity (Wildman–Crippen MR) is 83.3 cm³/mol. The number of hydrogen-bond donors (Lipinski definition) is 1. The maximum absolute atomic E-state index is 6.19. The molecule has 1 N–H and O–H groups in total. The van der Waals surface area contributed by atoms with Crippen molar-refractivity contribution in [1.29, 1.82) is 0 Å². The molecule has 1 fully saturated rings. The van der Waals surface area contributed by atoms with E-state index < -0.39 is 0 Å². The van der Waals surface area contributed by atoms with Crippen molar-refractivity contribution in [3.63, 3.8) is 0 Å². The van der Waals surface area contributed by atoms with Crippen molar-refractivity contribution < 1.29 is 4.74 Å². The Balaban J connectivity index is 1.76. The number of halogens is 2. The van der Waals surface area contributed by atoms with Crippen LogP contribution in [0.3, 0.4) is 0 Å². The highest BCUT2D eigenvalue weighted by Crippen LogP contribution is 2.34. The first-order chi connectivity index (χ1) is 9.16. The van der Waals surface area contributed by atoms with Crippen LogP contribution >= 0.6 is 27.5 Å². The summed E-state index contributed by atoms with van der Waals surface area (Å²) in [6.07, 6.45) is 1.02. The fourth-order valence-corrected chi connectivity index (χ4v) is 3.35. The van der Waals surface area contributed by atoms with E-state index in [0.29, 0.717) is 11.6 Å². The Kier molecular flexibility index (Phi) is 5.95. The molecule has 5 heteroatoms. The van der Waals surface area contributed by atoms with Gasteiger partial charge >= 0.3 is 0 Å². The van der Waals surface area contributed by atoms with Gasteiger partial charge in [0.25, 0.3) is 0 Å². The van der Waals surface area contributed by atoms with Crippen LogP contribution in [0.25, 0.3) is 0 Å². The summed E-state index contributed by atoms with van der Waals surface area (Å²) in [5.41, 5.74) is 1.13. The van der Waals surface area contributed by atoms with Gasteiger partial charge < -0.3 is 15.0 Å². The summed E-state index contributed by atoms with van der Waals surface area (Å²) in [6, 6.07) is 3.95. The third-order valence-electron chi connectivity index (χ3n) is 3.22. The summed E-state index contributed by atoms with van der Waals surface area (Å²) in [5, 5.41) is 4.03. The van der Waals surface area contributed by atoms with Crippen LogP contribution in [0.5, 0.6) is 5.75 Å². The molecule has 2 rings (SSSR count). The topological polar surface area (TPSA) is 24.5 Å². The van der Waals surface area contributed by atoms with E-state index >= 15 is 0 Å². The van der Waals surface area contributed by atoms with E-state index in [9.17, 15) is 0 Å². The molecule has 0 radical (unpaired) electrons. The molecular formula is C14H20BrClN2O. The van der Waals surface area contributed by atoms with Gasteiger partial charge in [0, 0.05) is 32.7 Å². The van der Waals surface area contributed by atoms with E-state index in [-0.39, 0.29) is 0 Å². The van der Waals surface area contributed by atoms with Crippen molar-refractivity contribution in [3.05, 3.63) is 27.2 Å². The number of rotatable bonds is 5. The van der Waals surface area contributed by atoms with E-state index in [1.165, 1.54) is 0 Å². The number of nitrogens with one attached hydrogen (secondary N) is 1. The molecule has 1 aliphatic heterocycles. The second-order valence-corrected chi connectivity index (χ2v) is 6.11. The SMILES string of the molecule is Cc1cc(Cl)c(OCCCN2CCNCC2)c(Br)c1. The van der Waals surface area contributed by atoms with Crippen molar-refractivity contribution in [2.75, 3.05) is 39.3 Å². The molecule has 0 saturated carbocycles. The summed E-state index contributed by atoms with van der Waals surface area (Å²) >= 11 is 9.69. The van der Waals surface area contributed by atoms with Crippen molar-refractivity contribution in [1.82, 2.24) is 10.2 Å². The lowest BCUT2D eigenvalue weighted by molar-refractivity contribution is 0.213. The van der Waals surface area contributed by atoms with E-state index in [2.05, 4.69) is 26.1 Å². The third kappa shape index (κ3) is 4.63. The first kappa shape index (κ1) is 15.1. The lowest BCUT2D eigenvalue weighted by Gasteiger charge is -2.27. The Morgan fingerprint density at radius 1 is 1.37 bits per heavy atom. The quantitative estimate of drug-likeness (QED) is 0.829. The average Bonchev–Trinajstić information content (AvgIpc) is 2.38. The molecule has 0 aliphatic carbocycles. The van der Waals surface area contributed by atoms with Gasteiger partial charge in [-0.3, -0.25) is 0 Å². The van der Waals surface area contributed by atoms with Crippen LogP contribution < -0.4 is 10.1 Å². The zero-order chi connectivity index (χ0) is 13.7. The Bertz CT molecular complexity index is 399. The van der Waals surface area contributed by atoms with Crippen LogP contribution in [-0.4, -0.2) is 44.2 Å². The van der Waals surface area contributed by atoms with Crippen LogP contribution in [0, 0.1) is 6.92 Å². The lowest BCUT2D eigenvalue weighted by Crippen LogP contribution is -2.43. The van der Waals surface area contributed by atoms with Crippen LogP contribution in [0.4, 0.5) is 0 Å². The zero-order valence-electron chi connectivity index (χ0n) is 11.2. The number of hydrogen-bond acceptors (Lipinski definition) is 3. The first-order valence-electron chi connectivity index (χ1n) is 6.68. The number of benzene rings is 1. The molecule has 0 spiro atoms. The van der Waals surface area contributed by atoms with E-state index in [4.69, 9.17) is 16.3 Å². The van der Waals surface area contributed by atoms with E-state index in [0.717, 1.165) is 54.9 Å². The number of nitrogens with zero attached hydrogens (tertiary/aromatic N) is 1. The minimum Gasteiger partial charge on any atom is -0.491 e. The van der Waals surface area contributed by atoms with Gasteiger partial charge in [-0.2, -0.15) is 0 Å². The Morgan fingerprint density at radius 2 is 2.11 bits per heavy atom. The smallest absolute Gasteiger partial charge is 0.152 e. The first-order valence-corrected chi connectivity index (χ1v) is 7.85. The number of ether oxygens (including phenoxy) is 1. The second kappa shape index (κ2) is 7.48. The van der Waals surface area contributed by atoms with Gasteiger partial charge in [0.2, 0.25) is 0 Å². The Morgan fingerprint density at radius 3 is 2.79 bits per heavy atom. The highest BCUT2D eigenvalue weighted by atomic mass is 79.9. The molecule has 0 amide bonds. The highest BCUT2D eigenvalue weighted by molar-refractivity contribution is 9.10. The normalized spacial score (nSPS) is 16.6. The predicted octanol–water partition coefficient (Wildman–Crippen LogP) is 3.09. The van der Waals surface area contributed by atoms with Gasteiger partial charge in [0.05, 0.1) is 16.1 Å². The van der Waals surface area contributed by atoms with E-state index in [1.54, 1.807) is 0 Å². The van der Waals surface area contributed by atoms with Crippen LogP contribution in [-0.2, 0) is 0 Å². The molecule has 1 saturated heterocycles. The molecule has 0 bridgehead atoms. The highest BCUT2D eigenvalue weighted by Gasteiger charge is 2.10. The Hall–Kier alpha value is -0.290. The van der Waals surface area contributed by atoms with Crippen LogP contribution in [0.1, 0.15) is 12.0 Å². The van der Waals surface area contributed by atoms with Crippen LogP contribution in [0.2, 0.25) is 5.02 Å². The molecule has 106 valence electrons. The fourth-order valence-electron chi connectivity index (χ4n) is 2.22. The van der Waals surface area contributed by atoms with Gasteiger partial charge in [-0.05, 0) is 47.0 Å². The molecule has 1 heterocycles. The summed E-state index contributed by atoms with van der Waals surface area (Å²) < 4.78 is 6.72. The maximum Gasteiger partial charge on any atom is 0.152 e. The molecule has 0 unspecified atom stereocenters. The van der Waals surface area contributed by atoms with Gasteiger partial charge in [0.15, 0.2) is 5.75 Å². The van der Waals surface area contributed by atoms with Crippen molar-refractivity contribution in [2.45, 2.75) is 13.3 Å².